The van der Waals surface area contributed by atoms with Crippen molar-refractivity contribution in [3.8, 4) is 0 Å². The Morgan fingerprint density at radius 1 is 0.468 bits per heavy atom. The first-order valence-corrected chi connectivity index (χ1v) is 31.7. The Morgan fingerprint density at radius 2 is 0.777 bits per heavy atom. The van der Waals surface area contributed by atoms with Crippen LogP contribution in [0.4, 0.5) is 0 Å². The first kappa shape index (κ1) is 85.0. The molecule has 0 spiro atoms. The largest absolute Gasteiger partial charge is 0.436 e. The van der Waals surface area contributed by atoms with Gasteiger partial charge in [-0.1, -0.05) is 34.6 Å². The van der Waals surface area contributed by atoms with Gasteiger partial charge in [0.2, 0.25) is 17.7 Å². The number of methoxy groups -OCH3 is 2. The molecule has 5 heterocycles. The summed E-state index contributed by atoms with van der Waals surface area (Å²) in [7, 11) is 2.70. The number of amides is 3. The summed E-state index contributed by atoms with van der Waals surface area (Å²) >= 11 is 0. The highest BCUT2D eigenvalue weighted by Gasteiger charge is 2.55. The molecule has 11 unspecified atom stereocenters. The molecule has 5 aliphatic heterocycles. The summed E-state index contributed by atoms with van der Waals surface area (Å²) in [4.78, 5) is 47.2. The fourth-order valence-electron chi connectivity index (χ4n) is 10.6. The molecule has 5 aliphatic rings. The van der Waals surface area contributed by atoms with E-state index in [1.165, 1.54) is 28.1 Å². The molecule has 26 atom stereocenters. The smallest absolute Gasteiger partial charge is 0.307 e. The van der Waals surface area contributed by atoms with E-state index in [1.54, 1.807) is 27.7 Å². The van der Waals surface area contributed by atoms with Gasteiger partial charge in [-0.3, -0.25) is 19.2 Å². The number of esters is 1. The van der Waals surface area contributed by atoms with Crippen molar-refractivity contribution in [3.05, 3.63) is 0 Å². The van der Waals surface area contributed by atoms with Crippen LogP contribution in [0.3, 0.4) is 0 Å². The van der Waals surface area contributed by atoms with Crippen molar-refractivity contribution in [1.82, 2.24) is 16.0 Å². The number of nitrogens with two attached hydrogens (primary N) is 2. The molecular formula is C58H109N5O31. The van der Waals surface area contributed by atoms with Gasteiger partial charge in [-0.05, 0) is 6.42 Å². The van der Waals surface area contributed by atoms with Crippen LogP contribution < -0.4 is 27.4 Å². The monoisotopic (exact) mass is 1370 g/mol. The van der Waals surface area contributed by atoms with Crippen molar-refractivity contribution >= 4 is 23.7 Å². The maximum absolute atomic E-state index is 12.6. The summed E-state index contributed by atoms with van der Waals surface area (Å²) in [5.41, 5.74) is 12.5. The minimum absolute atomic E-state index is 0.00134. The molecule has 0 aromatic heterocycles. The number of aliphatic hydroxyl groups is 11. The number of rotatable bonds is 36. The molecule has 5 saturated heterocycles. The standard InChI is InChI=1S/C32H59N3O17.C20H38N2O11.C6H12O3/c1-5-6-21(40)35-23-26(42)29(19(14-46-11-8-37)49-31(23)44-4)52-32-24(34-17(3)39)27(43)28(20(50-32)15-47-12-9-38)51-30-22(33)25(41)16(2)18(48-30)13-45-10-7-36;1-10-12(8-29-6-4-23)31-19(14(21)16(10)26)33-18-13(9-30-7-5-24)32-20(28-3)15(17(18)27)22-11(2)25;1-3-5(7)9-6(8)4-2/h16,18-20,22-32,36-38,41-43H,5-15,33H2,1-4H3,(H,34,39)(H,35,40);10,12-20,23-24,26-27H,4-9,21H2,1-3H3,(H,22,25);5,7H,3-4H2,1-2H3/t16-,18?,19?,20?,22?,23?,24?,25+,26-,27-,28-,29-,30-,31+,32-;10-,12?,13?,14?,15?,16+,17-,18-,19-,20+;/m00./s1. The van der Waals surface area contributed by atoms with E-state index in [2.05, 4.69) is 20.7 Å². The molecule has 0 bridgehead atoms. The topological polar surface area (TPSA) is 527 Å². The van der Waals surface area contributed by atoms with E-state index >= 15 is 0 Å². The lowest BCUT2D eigenvalue weighted by Crippen LogP contribution is -2.70. The molecule has 0 saturated carbocycles. The van der Waals surface area contributed by atoms with Gasteiger partial charge in [0.15, 0.2) is 37.7 Å². The van der Waals surface area contributed by atoms with Crippen LogP contribution >= 0.6 is 0 Å². The summed E-state index contributed by atoms with van der Waals surface area (Å²) in [5, 5.41) is 118. The van der Waals surface area contributed by atoms with Crippen LogP contribution in [0.25, 0.3) is 0 Å². The fourth-order valence-corrected chi connectivity index (χ4v) is 10.6. The molecule has 36 nitrogen and oxygen atoms in total. The lowest BCUT2D eigenvalue weighted by Gasteiger charge is -2.50. The van der Waals surface area contributed by atoms with E-state index in [4.69, 9.17) is 103 Å². The predicted molar refractivity (Wildman–Crippen MR) is 321 cm³/mol. The summed E-state index contributed by atoms with van der Waals surface area (Å²) in [6, 6.07) is -5.47. The molecule has 5 fully saturated rings. The molecule has 36 heteroatoms. The molecule has 0 radical (unpaired) electrons. The Labute approximate surface area is 547 Å². The van der Waals surface area contributed by atoms with Gasteiger partial charge in [0.25, 0.3) is 0 Å². The molecule has 5 rings (SSSR count). The van der Waals surface area contributed by atoms with Crippen molar-refractivity contribution in [3.63, 3.8) is 0 Å². The Bertz CT molecular complexity index is 2090. The first-order chi connectivity index (χ1) is 44.9. The number of ether oxygens (including phenoxy) is 16. The van der Waals surface area contributed by atoms with Crippen LogP contribution in [0, 0.1) is 11.8 Å². The highest BCUT2D eigenvalue weighted by Crippen LogP contribution is 2.35. The summed E-state index contributed by atoms with van der Waals surface area (Å²) in [6.45, 7) is 9.56. The molecule has 0 aromatic carbocycles. The lowest BCUT2D eigenvalue weighted by atomic mass is 9.89. The van der Waals surface area contributed by atoms with E-state index in [0.29, 0.717) is 19.3 Å². The highest BCUT2D eigenvalue weighted by atomic mass is 16.8. The van der Waals surface area contributed by atoms with Crippen molar-refractivity contribution in [1.29, 1.82) is 0 Å². The summed E-state index contributed by atoms with van der Waals surface area (Å²) in [6.07, 6.45) is -20.2. The average Bonchev–Trinajstić information content (AvgIpc) is 0.787. The summed E-state index contributed by atoms with van der Waals surface area (Å²) < 4.78 is 91.2. The lowest BCUT2D eigenvalue weighted by molar-refractivity contribution is -0.351. The minimum atomic E-state index is -1.61. The van der Waals surface area contributed by atoms with Crippen LogP contribution in [-0.4, -0.2) is 340 Å². The third kappa shape index (κ3) is 26.5. The molecule has 18 N–H and O–H groups in total. The van der Waals surface area contributed by atoms with E-state index in [9.17, 15) is 54.9 Å². The Kier molecular flexibility index (Phi) is 41.1. The van der Waals surface area contributed by atoms with E-state index < -0.39 is 165 Å². The van der Waals surface area contributed by atoms with Crippen LogP contribution in [0.15, 0.2) is 0 Å². The SMILES string of the molecule is CCC(=O)OC(O)CC.CCCC(=O)NC1[C@H](OC)OC(COCCO)[C@H](O[C@@H]2OC(COCCO)[C@H](O[C@@H]3OC(COCCO)[C@H](C)[C@@H](O)C3N)[C@@H](O)C2NC(C)=O)[C@H]1O.CO[C@@H]1OC(COCCO)[C@H](O[C@@H]2OC(COCCO)[C@H](C)[C@@H](O)C2N)[C@@H](O)C1NC(C)=O. The summed E-state index contributed by atoms with van der Waals surface area (Å²) in [5.74, 6) is -2.59. The predicted octanol–water partition coefficient (Wildman–Crippen LogP) is -7.22. The van der Waals surface area contributed by atoms with Gasteiger partial charge in [0.05, 0.1) is 136 Å². The van der Waals surface area contributed by atoms with Crippen molar-refractivity contribution < 1.29 is 151 Å². The van der Waals surface area contributed by atoms with Gasteiger partial charge >= 0.3 is 5.97 Å². The zero-order chi connectivity index (χ0) is 70.2. The molecule has 0 aliphatic carbocycles. The maximum Gasteiger partial charge on any atom is 0.307 e. The number of hydrogen-bond acceptors (Lipinski definition) is 33. The second-order valence-electron chi connectivity index (χ2n) is 22.8. The van der Waals surface area contributed by atoms with Gasteiger partial charge in [-0.25, -0.2) is 0 Å². The molecule has 3 amide bonds. The number of aliphatic hydroxyl groups excluding tert-OH is 11. The highest BCUT2D eigenvalue weighted by molar-refractivity contribution is 5.76. The van der Waals surface area contributed by atoms with E-state index in [0.717, 1.165) is 0 Å². The van der Waals surface area contributed by atoms with Crippen LogP contribution in [0.5, 0.6) is 0 Å². The molecule has 552 valence electrons. The molecule has 94 heavy (non-hydrogen) atoms. The number of hydrogen-bond donors (Lipinski definition) is 16. The Morgan fingerprint density at radius 3 is 1.09 bits per heavy atom. The maximum atomic E-state index is 12.6. The third-order valence-electron chi connectivity index (χ3n) is 15.7. The van der Waals surface area contributed by atoms with Gasteiger partial charge in [0.1, 0.15) is 73.1 Å². The zero-order valence-electron chi connectivity index (χ0n) is 55.2. The third-order valence-corrected chi connectivity index (χ3v) is 15.7. The van der Waals surface area contributed by atoms with Crippen LogP contribution in [0.2, 0.25) is 0 Å². The number of nitrogens with one attached hydrogen (secondary N) is 3. The van der Waals surface area contributed by atoms with Gasteiger partial charge in [-0.15, -0.1) is 0 Å². The fraction of sp³-hybridized carbons (Fsp3) is 0.931. The van der Waals surface area contributed by atoms with Crippen molar-refractivity contribution in [2.75, 3.05) is 113 Å². The van der Waals surface area contributed by atoms with Gasteiger partial charge < -0.3 is 159 Å². The zero-order valence-corrected chi connectivity index (χ0v) is 55.2. The van der Waals surface area contributed by atoms with Crippen molar-refractivity contribution in [2.24, 2.45) is 23.3 Å². The second kappa shape index (κ2) is 45.4. The first-order valence-electron chi connectivity index (χ1n) is 31.7. The van der Waals surface area contributed by atoms with Gasteiger partial charge in [0, 0.05) is 59.2 Å². The molecular weight excluding hydrogens is 1260 g/mol. The normalized spacial score (nSPS) is 36.2. The molecule has 0 aromatic rings. The minimum Gasteiger partial charge on any atom is -0.436 e. The Balaban J connectivity index is 0.000000465. The quantitative estimate of drug-likeness (QED) is 0.0157. The number of carbonyl (C=O) groups excluding carboxylic acids is 4. The Hall–Kier alpha value is -3.24. The van der Waals surface area contributed by atoms with E-state index in [1.807, 2.05) is 6.92 Å². The van der Waals surface area contributed by atoms with Gasteiger partial charge in [-0.2, -0.15) is 0 Å². The average molecular weight is 1370 g/mol. The van der Waals surface area contributed by atoms with Crippen LogP contribution in [-0.2, 0) is 95.0 Å². The second-order valence-corrected chi connectivity index (χ2v) is 22.8. The van der Waals surface area contributed by atoms with E-state index in [-0.39, 0.29) is 123 Å². The number of carbonyl (C=O) groups is 4. The van der Waals surface area contributed by atoms with Crippen molar-refractivity contribution in [2.45, 2.75) is 221 Å². The van der Waals surface area contributed by atoms with Crippen LogP contribution in [0.1, 0.15) is 74.1 Å².